The van der Waals surface area contributed by atoms with E-state index in [2.05, 4.69) is 42.2 Å². The van der Waals surface area contributed by atoms with E-state index < -0.39 is 74.9 Å². The predicted octanol–water partition coefficient (Wildman–Crippen LogP) is 1.18. The summed E-state index contributed by atoms with van der Waals surface area (Å²) in [6.07, 6.45) is -7.83. The zero-order chi connectivity index (χ0) is 32.5. The molecule has 0 aromatic carbocycles. The molecule has 10 atom stereocenters. The number of anilines is 2. The van der Waals surface area contributed by atoms with Crippen molar-refractivity contribution in [3.05, 3.63) is 41.7 Å². The summed E-state index contributed by atoms with van der Waals surface area (Å²) >= 11 is 9.09. The monoisotopic (exact) mass is 722 g/mol. The van der Waals surface area contributed by atoms with E-state index in [0.29, 0.717) is 0 Å². The molecule has 6 N–H and O–H groups in total. The molecule has 246 valence electrons. The topological polar surface area (TPSA) is 252 Å². The van der Waals surface area contributed by atoms with Gasteiger partial charge in [-0.05, 0) is 30.1 Å². The summed E-state index contributed by atoms with van der Waals surface area (Å²) in [5.74, 6) is -0.222. The second-order valence-corrected chi connectivity index (χ2v) is 15.7. The van der Waals surface area contributed by atoms with Crippen molar-refractivity contribution in [1.82, 2.24) is 39.0 Å². The number of nitrogens with zero attached hydrogens (tertiary/aromatic N) is 7. The summed E-state index contributed by atoms with van der Waals surface area (Å²) < 4.78 is 80.9. The maximum Gasteiger partial charge on any atom is 0.437 e. The van der Waals surface area contributed by atoms with Crippen LogP contribution in [0.15, 0.2) is 36.1 Å². The lowest BCUT2D eigenvalue weighted by Gasteiger charge is -2.25. The number of aromatic nitrogens is 8. The van der Waals surface area contributed by atoms with Crippen LogP contribution in [-0.4, -0.2) is 87.3 Å². The van der Waals surface area contributed by atoms with E-state index >= 15 is 8.78 Å². The molecular formula is C21H22F2N10O9P2S2. The Hall–Kier alpha value is -3.11. The van der Waals surface area contributed by atoms with Crippen LogP contribution in [0.2, 0.25) is 0 Å². The first kappa shape index (κ1) is 31.5. The van der Waals surface area contributed by atoms with Gasteiger partial charge in [-0.2, -0.15) is 4.98 Å². The highest BCUT2D eigenvalue weighted by Gasteiger charge is 2.53. The van der Waals surface area contributed by atoms with Crippen molar-refractivity contribution >= 4 is 71.7 Å². The fourth-order valence-electron chi connectivity index (χ4n) is 5.22. The molecule has 19 nitrogen and oxygen atoms in total. The summed E-state index contributed by atoms with van der Waals surface area (Å²) in [6.45, 7) is -9.51. The molecule has 0 radical (unpaired) electrons. The average molecular weight is 723 g/mol. The summed E-state index contributed by atoms with van der Waals surface area (Å²) in [5.41, 5.74) is 10.9. The Bertz CT molecular complexity index is 2020. The van der Waals surface area contributed by atoms with E-state index in [1.54, 1.807) is 0 Å². The zero-order valence-electron chi connectivity index (χ0n) is 22.7. The number of rotatable bonds is 2. The van der Waals surface area contributed by atoms with Crippen LogP contribution in [0.3, 0.4) is 0 Å². The van der Waals surface area contributed by atoms with Gasteiger partial charge in [0.2, 0.25) is 5.95 Å². The molecule has 25 heteroatoms. The lowest BCUT2D eigenvalue weighted by atomic mass is 10.1. The predicted molar refractivity (Wildman–Crippen MR) is 159 cm³/mol. The molecule has 7 heterocycles. The van der Waals surface area contributed by atoms with Crippen LogP contribution in [-0.2, 0) is 43.9 Å². The van der Waals surface area contributed by atoms with Crippen LogP contribution in [0, 0.1) is 0 Å². The fraction of sp³-hybridized carbons (Fsp3) is 0.429. The SMILES string of the molecule is Nc1nc2c(ncn2[C@@H]2O[C@@H]3COP(O)(=S)O[C@H]4[C@@H](F)[C@H](n5cnc6c(N)ncnc65)O[C@@H]4/C=C\OP(=O)(S)O[C@@H]2[C@@H]3F)c(=O)[nH]1. The summed E-state index contributed by atoms with van der Waals surface area (Å²) in [7, 11) is 0. The number of fused-ring (bicyclic) bond motifs is 5. The van der Waals surface area contributed by atoms with Gasteiger partial charge in [0.25, 0.3) is 5.56 Å². The summed E-state index contributed by atoms with van der Waals surface area (Å²) in [6, 6.07) is 0. The average Bonchev–Trinajstić information content (AvgIpc) is 3.74. The molecule has 2 bridgehead atoms. The Balaban J connectivity index is 1.21. The molecule has 4 aromatic rings. The maximum absolute atomic E-state index is 16.0. The van der Waals surface area contributed by atoms with E-state index in [0.717, 1.165) is 29.6 Å². The third-order valence-corrected chi connectivity index (χ3v) is 10.3. The number of nitrogen functional groups attached to an aromatic ring is 2. The molecule has 46 heavy (non-hydrogen) atoms. The first-order valence-electron chi connectivity index (χ1n) is 13.1. The second-order valence-electron chi connectivity index (χ2n) is 10.1. The second kappa shape index (κ2) is 11.5. The van der Waals surface area contributed by atoms with Crippen molar-refractivity contribution < 1.29 is 45.8 Å². The molecule has 0 saturated carbocycles. The van der Waals surface area contributed by atoms with Gasteiger partial charge in [0.15, 0.2) is 47.4 Å². The van der Waals surface area contributed by atoms with Gasteiger partial charge in [-0.25, -0.2) is 33.3 Å². The van der Waals surface area contributed by atoms with Crippen LogP contribution in [0.1, 0.15) is 12.5 Å². The van der Waals surface area contributed by atoms with E-state index in [1.807, 2.05) is 0 Å². The van der Waals surface area contributed by atoms with Crippen molar-refractivity contribution in [2.24, 2.45) is 0 Å². The standard InChI is InChI=1S/C21H22F2N10O9P2S2/c22-9-8-3-38-44(36,46)41-13-7(39-19(10(13)23)32-5-28-11-15(24)26-4-27-16(11)32)1-2-37-43(35,45)42-14(9)20(40-8)33-6-29-12-17(33)30-21(25)31-18(12)34/h1-2,4-10,13-14,19-20H,3H2,(H,35,45)(H,36,46)(H2,24,26,27)(H3,25,30,31,34)/b2-1-/t7-,8-,9-,10-,13-,14-,19-,20-,43?,44?/m1/s1. The number of H-pyrrole nitrogens is 1. The van der Waals surface area contributed by atoms with Gasteiger partial charge in [-0.15, -0.1) is 0 Å². The lowest BCUT2D eigenvalue weighted by Crippen LogP contribution is -2.33. The smallest absolute Gasteiger partial charge is 0.425 e. The van der Waals surface area contributed by atoms with E-state index in [1.165, 1.54) is 10.9 Å². The van der Waals surface area contributed by atoms with Gasteiger partial charge in [0, 0.05) is 0 Å². The van der Waals surface area contributed by atoms with Gasteiger partial charge in [-0.1, -0.05) is 0 Å². The van der Waals surface area contributed by atoms with Crippen LogP contribution in [0.5, 0.6) is 0 Å². The normalized spacial score (nSPS) is 37.6. The number of nitrogens with two attached hydrogens (primary N) is 2. The minimum Gasteiger partial charge on any atom is -0.425 e. The van der Waals surface area contributed by atoms with E-state index in [4.69, 9.17) is 50.8 Å². The molecule has 0 spiro atoms. The van der Waals surface area contributed by atoms with Gasteiger partial charge in [0.05, 0.1) is 25.5 Å². The van der Waals surface area contributed by atoms with Crippen molar-refractivity contribution in [3.63, 3.8) is 0 Å². The molecule has 0 amide bonds. The number of ether oxygens (including phenoxy) is 2. The minimum absolute atomic E-state index is 0.0457. The number of hydrogen-bond acceptors (Lipinski definition) is 16. The summed E-state index contributed by atoms with van der Waals surface area (Å²) in [4.78, 5) is 45.5. The van der Waals surface area contributed by atoms with Crippen LogP contribution in [0.25, 0.3) is 22.3 Å². The highest BCUT2D eigenvalue weighted by Crippen LogP contribution is 2.58. The highest BCUT2D eigenvalue weighted by molar-refractivity contribution is 8.44. The van der Waals surface area contributed by atoms with Gasteiger partial charge in [0.1, 0.15) is 36.3 Å². The largest absolute Gasteiger partial charge is 0.437 e. The highest BCUT2D eigenvalue weighted by atomic mass is 32.7. The van der Waals surface area contributed by atoms with Crippen molar-refractivity contribution in [2.45, 2.75) is 49.2 Å². The van der Waals surface area contributed by atoms with E-state index in [-0.39, 0.29) is 34.1 Å². The number of imidazole rings is 2. The fourth-order valence-corrected chi connectivity index (χ4v) is 7.93. The van der Waals surface area contributed by atoms with Crippen molar-refractivity contribution in [1.29, 1.82) is 0 Å². The van der Waals surface area contributed by atoms with Crippen LogP contribution < -0.4 is 17.0 Å². The Morgan fingerprint density at radius 2 is 1.76 bits per heavy atom. The molecule has 7 rings (SSSR count). The Morgan fingerprint density at radius 1 is 1.02 bits per heavy atom. The number of nitrogens with one attached hydrogen (secondary N) is 1. The number of aromatic amines is 1. The number of halogens is 2. The summed E-state index contributed by atoms with van der Waals surface area (Å²) in [5, 5.41) is 0. The number of hydrogen-bond donors (Lipinski definition) is 5. The molecule has 2 saturated heterocycles. The van der Waals surface area contributed by atoms with Gasteiger partial charge < -0.3 is 34.9 Å². The first-order chi connectivity index (χ1) is 21.8. The lowest BCUT2D eigenvalue weighted by molar-refractivity contribution is -0.0459. The molecule has 3 aliphatic heterocycles. The van der Waals surface area contributed by atoms with E-state index in [9.17, 15) is 14.3 Å². The minimum atomic E-state index is -4.44. The molecule has 3 aliphatic rings. The van der Waals surface area contributed by atoms with Crippen molar-refractivity contribution in [3.8, 4) is 0 Å². The Kier molecular flexibility index (Phi) is 7.90. The molecule has 0 aliphatic carbocycles. The van der Waals surface area contributed by atoms with Crippen molar-refractivity contribution in [2.75, 3.05) is 18.1 Å². The zero-order valence-corrected chi connectivity index (χ0v) is 26.2. The van der Waals surface area contributed by atoms with Gasteiger partial charge in [-0.3, -0.25) is 28.0 Å². The number of thiol groups is 1. The van der Waals surface area contributed by atoms with Crippen LogP contribution >= 0.6 is 25.8 Å². The molecule has 2 unspecified atom stereocenters. The third-order valence-electron chi connectivity index (χ3n) is 7.23. The molecular weight excluding hydrogens is 700 g/mol. The molecule has 2 fully saturated rings. The first-order valence-corrected chi connectivity index (χ1v) is 18.4. The number of alkyl halides is 2. The third kappa shape index (κ3) is 5.59. The Labute approximate surface area is 265 Å². The quantitative estimate of drug-likeness (QED) is 0.144. The maximum atomic E-state index is 16.0. The van der Waals surface area contributed by atoms with Gasteiger partial charge >= 0.3 is 13.5 Å². The Morgan fingerprint density at radius 3 is 2.54 bits per heavy atom. The van der Waals surface area contributed by atoms with Crippen LogP contribution in [0.4, 0.5) is 20.5 Å². The molecule has 4 aromatic heterocycles.